The van der Waals surface area contributed by atoms with E-state index < -0.39 is 11.7 Å². The Balaban J connectivity index is 2.93. The number of nitrogens with zero attached hydrogens (tertiary/aromatic N) is 2. The SMILES string of the molecule is Cc1ccc(C(=O)N(C)C(C)CC#N)c(F)c1. The van der Waals surface area contributed by atoms with Crippen molar-refractivity contribution in [1.29, 1.82) is 5.26 Å². The first-order valence-electron chi connectivity index (χ1n) is 5.37. The van der Waals surface area contributed by atoms with Crippen LogP contribution >= 0.6 is 0 Å². The molecule has 17 heavy (non-hydrogen) atoms. The van der Waals surface area contributed by atoms with Crippen LogP contribution in [0.1, 0.15) is 29.3 Å². The molecule has 1 rings (SSSR count). The Morgan fingerprint density at radius 2 is 2.24 bits per heavy atom. The van der Waals surface area contributed by atoms with Crippen molar-refractivity contribution in [2.45, 2.75) is 26.3 Å². The van der Waals surface area contributed by atoms with Gasteiger partial charge in [0, 0.05) is 13.1 Å². The minimum absolute atomic E-state index is 0.0443. The van der Waals surface area contributed by atoms with Gasteiger partial charge in [0.15, 0.2) is 0 Å². The zero-order valence-electron chi connectivity index (χ0n) is 10.2. The minimum atomic E-state index is -0.522. The van der Waals surface area contributed by atoms with Crippen LogP contribution in [0.4, 0.5) is 4.39 Å². The van der Waals surface area contributed by atoms with Crippen LogP contribution < -0.4 is 0 Å². The van der Waals surface area contributed by atoms with E-state index in [0.29, 0.717) is 0 Å². The average Bonchev–Trinajstić information content (AvgIpc) is 2.27. The van der Waals surface area contributed by atoms with Gasteiger partial charge in [-0.2, -0.15) is 5.26 Å². The number of hydrogen-bond donors (Lipinski definition) is 0. The first-order valence-corrected chi connectivity index (χ1v) is 5.37. The van der Waals surface area contributed by atoms with Crippen LogP contribution in [-0.2, 0) is 0 Å². The number of benzene rings is 1. The summed E-state index contributed by atoms with van der Waals surface area (Å²) in [7, 11) is 1.57. The zero-order chi connectivity index (χ0) is 13.0. The fourth-order valence-electron chi connectivity index (χ4n) is 1.45. The van der Waals surface area contributed by atoms with Crippen molar-refractivity contribution in [2.75, 3.05) is 7.05 Å². The monoisotopic (exact) mass is 234 g/mol. The van der Waals surface area contributed by atoms with Crippen molar-refractivity contribution in [3.05, 3.63) is 35.1 Å². The van der Waals surface area contributed by atoms with Gasteiger partial charge < -0.3 is 4.90 Å². The second-order valence-electron chi connectivity index (χ2n) is 4.11. The van der Waals surface area contributed by atoms with Gasteiger partial charge in [-0.25, -0.2) is 4.39 Å². The molecule has 1 aromatic carbocycles. The van der Waals surface area contributed by atoms with Crippen molar-refractivity contribution in [3.63, 3.8) is 0 Å². The molecule has 4 heteroatoms. The maximum absolute atomic E-state index is 13.6. The van der Waals surface area contributed by atoms with Crippen molar-refractivity contribution < 1.29 is 9.18 Å². The second kappa shape index (κ2) is 5.44. The van der Waals surface area contributed by atoms with Gasteiger partial charge in [-0.1, -0.05) is 6.07 Å². The number of nitriles is 1. The molecule has 0 saturated carbocycles. The number of aryl methyl sites for hydroxylation is 1. The molecule has 1 aromatic rings. The molecule has 3 nitrogen and oxygen atoms in total. The van der Waals surface area contributed by atoms with E-state index in [1.165, 1.54) is 17.0 Å². The second-order valence-corrected chi connectivity index (χ2v) is 4.11. The topological polar surface area (TPSA) is 44.1 Å². The Labute approximate surface area is 100 Å². The van der Waals surface area contributed by atoms with Crippen LogP contribution in [0.3, 0.4) is 0 Å². The van der Waals surface area contributed by atoms with E-state index in [1.807, 2.05) is 6.07 Å². The molecule has 0 heterocycles. The third-order valence-electron chi connectivity index (χ3n) is 2.72. The zero-order valence-corrected chi connectivity index (χ0v) is 10.2. The summed E-state index contributed by atoms with van der Waals surface area (Å²) in [6.07, 6.45) is 0.232. The van der Waals surface area contributed by atoms with E-state index in [1.54, 1.807) is 27.0 Å². The highest BCUT2D eigenvalue weighted by Gasteiger charge is 2.20. The molecular weight excluding hydrogens is 219 g/mol. The molecule has 0 bridgehead atoms. The number of rotatable bonds is 3. The highest BCUT2D eigenvalue weighted by Crippen LogP contribution is 2.14. The fourth-order valence-corrected chi connectivity index (χ4v) is 1.45. The van der Waals surface area contributed by atoms with Gasteiger partial charge in [0.05, 0.1) is 18.1 Å². The van der Waals surface area contributed by atoms with Crippen molar-refractivity contribution in [1.82, 2.24) is 4.90 Å². The molecule has 0 aromatic heterocycles. The van der Waals surface area contributed by atoms with E-state index >= 15 is 0 Å². The third-order valence-corrected chi connectivity index (χ3v) is 2.72. The molecule has 0 aliphatic heterocycles. The Hall–Kier alpha value is -1.89. The molecule has 90 valence electrons. The molecule has 1 atom stereocenters. The van der Waals surface area contributed by atoms with E-state index in [2.05, 4.69) is 0 Å². The standard InChI is InChI=1S/C13H15FN2O/c1-9-4-5-11(12(14)8-9)13(17)16(3)10(2)6-7-15/h4-5,8,10H,6H2,1-3H3. The van der Waals surface area contributed by atoms with Crippen LogP contribution in [0.25, 0.3) is 0 Å². The third kappa shape index (κ3) is 3.04. The highest BCUT2D eigenvalue weighted by atomic mass is 19.1. The Morgan fingerprint density at radius 3 is 2.76 bits per heavy atom. The van der Waals surface area contributed by atoms with E-state index in [4.69, 9.17) is 5.26 Å². The number of amides is 1. The highest BCUT2D eigenvalue weighted by molar-refractivity contribution is 5.94. The molecule has 0 fully saturated rings. The predicted octanol–water partition coefficient (Wildman–Crippen LogP) is 2.51. The largest absolute Gasteiger partial charge is 0.338 e. The van der Waals surface area contributed by atoms with Gasteiger partial charge in [-0.05, 0) is 31.5 Å². The van der Waals surface area contributed by atoms with Crippen molar-refractivity contribution in [2.24, 2.45) is 0 Å². The van der Waals surface area contributed by atoms with E-state index in [9.17, 15) is 9.18 Å². The summed E-state index contributed by atoms with van der Waals surface area (Å²) in [5.74, 6) is -0.920. The lowest BCUT2D eigenvalue weighted by atomic mass is 10.1. The summed E-state index contributed by atoms with van der Waals surface area (Å²) in [6.45, 7) is 3.52. The number of halogens is 1. The maximum Gasteiger partial charge on any atom is 0.256 e. The number of hydrogen-bond acceptors (Lipinski definition) is 2. The van der Waals surface area contributed by atoms with Crippen LogP contribution in [0.5, 0.6) is 0 Å². The van der Waals surface area contributed by atoms with Gasteiger partial charge >= 0.3 is 0 Å². The van der Waals surface area contributed by atoms with E-state index in [0.717, 1.165) is 5.56 Å². The van der Waals surface area contributed by atoms with Crippen LogP contribution in [0.2, 0.25) is 0 Å². The molecule has 0 N–H and O–H groups in total. The lowest BCUT2D eigenvalue weighted by Gasteiger charge is -2.23. The predicted molar refractivity (Wildman–Crippen MR) is 62.9 cm³/mol. The van der Waals surface area contributed by atoms with Crippen LogP contribution in [0, 0.1) is 24.1 Å². The summed E-state index contributed by atoms with van der Waals surface area (Å²) in [5.41, 5.74) is 0.815. The molecule has 0 radical (unpaired) electrons. The summed E-state index contributed by atoms with van der Waals surface area (Å²) in [4.78, 5) is 13.4. The smallest absolute Gasteiger partial charge is 0.256 e. The van der Waals surface area contributed by atoms with Gasteiger partial charge in [-0.3, -0.25) is 4.79 Å². The summed E-state index contributed by atoms with van der Waals surface area (Å²) in [5, 5.41) is 8.57. The summed E-state index contributed by atoms with van der Waals surface area (Å²) in [6, 6.07) is 6.26. The molecule has 0 aliphatic rings. The molecular formula is C13H15FN2O. The fraction of sp³-hybridized carbons (Fsp3) is 0.385. The number of carbonyl (C=O) groups is 1. The maximum atomic E-state index is 13.6. The molecule has 0 aliphatic carbocycles. The molecule has 0 spiro atoms. The summed E-state index contributed by atoms with van der Waals surface area (Å²) < 4.78 is 13.6. The lowest BCUT2D eigenvalue weighted by molar-refractivity contribution is 0.0741. The minimum Gasteiger partial charge on any atom is -0.338 e. The van der Waals surface area contributed by atoms with E-state index in [-0.39, 0.29) is 18.0 Å². The Bertz CT molecular complexity index is 465. The number of carbonyl (C=O) groups excluding carboxylic acids is 1. The first-order chi connectivity index (χ1) is 7.97. The normalized spacial score (nSPS) is 11.7. The van der Waals surface area contributed by atoms with Crippen LogP contribution in [0.15, 0.2) is 18.2 Å². The molecule has 0 saturated heterocycles. The quantitative estimate of drug-likeness (QED) is 0.806. The Morgan fingerprint density at radius 1 is 1.59 bits per heavy atom. The van der Waals surface area contributed by atoms with Gasteiger partial charge in [0.1, 0.15) is 5.82 Å². The first kappa shape index (κ1) is 13.2. The van der Waals surface area contributed by atoms with Crippen LogP contribution in [-0.4, -0.2) is 23.9 Å². The molecule has 1 amide bonds. The van der Waals surface area contributed by atoms with Gasteiger partial charge in [-0.15, -0.1) is 0 Å². The summed E-state index contributed by atoms with van der Waals surface area (Å²) >= 11 is 0. The van der Waals surface area contributed by atoms with Crippen molar-refractivity contribution >= 4 is 5.91 Å². The molecule has 1 unspecified atom stereocenters. The van der Waals surface area contributed by atoms with Crippen molar-refractivity contribution in [3.8, 4) is 6.07 Å². The van der Waals surface area contributed by atoms with Gasteiger partial charge in [0.25, 0.3) is 5.91 Å². The Kier molecular flexibility index (Phi) is 4.22. The van der Waals surface area contributed by atoms with Gasteiger partial charge in [0.2, 0.25) is 0 Å². The lowest BCUT2D eigenvalue weighted by Crippen LogP contribution is -2.35. The average molecular weight is 234 g/mol.